The molecule has 1 aromatic heterocycles. The van der Waals surface area contributed by atoms with Crippen molar-refractivity contribution in [3.8, 4) is 0 Å². The van der Waals surface area contributed by atoms with E-state index in [0.717, 1.165) is 18.0 Å². The van der Waals surface area contributed by atoms with Crippen LogP contribution in [-0.4, -0.2) is 21.3 Å². The first-order chi connectivity index (χ1) is 8.81. The standard InChI is InChI=1S/C13H15ClN4/c14-12-5-3-11(4-6-12)13(7-1-2-8-16-13)18-10-15-9-17-18/h3-6,9-10,16H,1-2,7-8H2. The third kappa shape index (κ3) is 1.91. The molecule has 1 aliphatic rings. The van der Waals surface area contributed by atoms with Gasteiger partial charge in [0.1, 0.15) is 18.3 Å². The van der Waals surface area contributed by atoms with Gasteiger partial charge in [-0.3, -0.25) is 5.32 Å². The third-order valence-corrected chi connectivity index (χ3v) is 3.77. The minimum atomic E-state index is -0.278. The van der Waals surface area contributed by atoms with Crippen LogP contribution in [0.4, 0.5) is 0 Å². The zero-order valence-electron chi connectivity index (χ0n) is 10.0. The van der Waals surface area contributed by atoms with Crippen molar-refractivity contribution in [2.24, 2.45) is 0 Å². The number of benzene rings is 1. The quantitative estimate of drug-likeness (QED) is 0.904. The van der Waals surface area contributed by atoms with E-state index >= 15 is 0 Å². The summed E-state index contributed by atoms with van der Waals surface area (Å²) in [4.78, 5) is 4.07. The molecule has 1 atom stereocenters. The van der Waals surface area contributed by atoms with E-state index < -0.39 is 0 Å². The molecule has 1 aromatic carbocycles. The minimum Gasteiger partial charge on any atom is -0.289 e. The Morgan fingerprint density at radius 2 is 2.06 bits per heavy atom. The Kier molecular flexibility index (Phi) is 3.06. The fraction of sp³-hybridized carbons (Fsp3) is 0.385. The predicted molar refractivity (Wildman–Crippen MR) is 70.4 cm³/mol. The average Bonchev–Trinajstić information content (AvgIpc) is 2.95. The SMILES string of the molecule is Clc1ccc(C2(n3cncn3)CCCCN2)cc1. The largest absolute Gasteiger partial charge is 0.289 e. The van der Waals surface area contributed by atoms with E-state index in [2.05, 4.69) is 27.5 Å². The topological polar surface area (TPSA) is 42.7 Å². The molecule has 1 fully saturated rings. The van der Waals surface area contributed by atoms with Crippen LogP contribution in [0.25, 0.3) is 0 Å². The van der Waals surface area contributed by atoms with Gasteiger partial charge in [0.25, 0.3) is 0 Å². The van der Waals surface area contributed by atoms with Crippen LogP contribution in [0.2, 0.25) is 5.02 Å². The predicted octanol–water partition coefficient (Wildman–Crippen LogP) is 2.41. The van der Waals surface area contributed by atoms with Crippen LogP contribution in [0.1, 0.15) is 24.8 Å². The molecule has 1 saturated heterocycles. The maximum atomic E-state index is 5.97. The molecule has 3 rings (SSSR count). The normalized spacial score (nSPS) is 24.1. The van der Waals surface area contributed by atoms with Gasteiger partial charge in [0, 0.05) is 5.02 Å². The van der Waals surface area contributed by atoms with Crippen molar-refractivity contribution < 1.29 is 0 Å². The van der Waals surface area contributed by atoms with Crippen molar-refractivity contribution in [2.45, 2.75) is 24.9 Å². The summed E-state index contributed by atoms with van der Waals surface area (Å²) >= 11 is 5.97. The average molecular weight is 263 g/mol. The molecular weight excluding hydrogens is 248 g/mol. The van der Waals surface area contributed by atoms with E-state index in [9.17, 15) is 0 Å². The summed E-state index contributed by atoms with van der Waals surface area (Å²) in [5, 5.41) is 8.66. The van der Waals surface area contributed by atoms with Crippen LogP contribution in [0.5, 0.6) is 0 Å². The Balaban J connectivity index is 2.07. The number of nitrogens with zero attached hydrogens (tertiary/aromatic N) is 3. The lowest BCUT2D eigenvalue weighted by atomic mass is 9.90. The number of hydrogen-bond donors (Lipinski definition) is 1. The van der Waals surface area contributed by atoms with Crippen LogP contribution in [-0.2, 0) is 5.66 Å². The maximum Gasteiger partial charge on any atom is 0.139 e. The Morgan fingerprint density at radius 1 is 1.22 bits per heavy atom. The molecule has 0 bridgehead atoms. The van der Waals surface area contributed by atoms with Crippen molar-refractivity contribution in [1.82, 2.24) is 20.1 Å². The van der Waals surface area contributed by atoms with Gasteiger partial charge in [-0.25, -0.2) is 9.67 Å². The van der Waals surface area contributed by atoms with Crippen LogP contribution in [0, 0.1) is 0 Å². The van der Waals surface area contributed by atoms with Crippen molar-refractivity contribution in [2.75, 3.05) is 6.54 Å². The summed E-state index contributed by atoms with van der Waals surface area (Å²) in [7, 11) is 0. The number of nitrogens with one attached hydrogen (secondary N) is 1. The van der Waals surface area contributed by atoms with Gasteiger partial charge in [-0.15, -0.1) is 0 Å². The van der Waals surface area contributed by atoms with E-state index in [1.54, 1.807) is 12.7 Å². The molecule has 2 heterocycles. The van der Waals surface area contributed by atoms with Gasteiger partial charge in [0.05, 0.1) is 0 Å². The Hall–Kier alpha value is -1.39. The summed E-state index contributed by atoms with van der Waals surface area (Å²) < 4.78 is 1.91. The molecule has 0 radical (unpaired) electrons. The molecule has 5 heteroatoms. The molecule has 1 aliphatic heterocycles. The highest BCUT2D eigenvalue weighted by Crippen LogP contribution is 2.31. The first kappa shape index (κ1) is 11.7. The van der Waals surface area contributed by atoms with Gasteiger partial charge >= 0.3 is 0 Å². The summed E-state index contributed by atoms with van der Waals surface area (Å²) in [5.74, 6) is 0. The molecule has 94 valence electrons. The van der Waals surface area contributed by atoms with Crippen LogP contribution in [0.3, 0.4) is 0 Å². The number of rotatable bonds is 2. The van der Waals surface area contributed by atoms with Gasteiger partial charge in [0.15, 0.2) is 0 Å². The molecular formula is C13H15ClN4. The van der Waals surface area contributed by atoms with E-state index in [-0.39, 0.29) is 5.66 Å². The van der Waals surface area contributed by atoms with Gasteiger partial charge in [-0.1, -0.05) is 23.7 Å². The maximum absolute atomic E-state index is 5.97. The Bertz CT molecular complexity index is 500. The first-order valence-corrected chi connectivity index (χ1v) is 6.55. The molecule has 1 unspecified atom stereocenters. The van der Waals surface area contributed by atoms with Crippen LogP contribution >= 0.6 is 11.6 Å². The van der Waals surface area contributed by atoms with E-state index in [1.807, 2.05) is 16.8 Å². The van der Waals surface area contributed by atoms with E-state index in [4.69, 9.17) is 11.6 Å². The van der Waals surface area contributed by atoms with Gasteiger partial charge in [0.2, 0.25) is 0 Å². The fourth-order valence-corrected chi connectivity index (χ4v) is 2.72. The molecule has 4 nitrogen and oxygen atoms in total. The molecule has 0 aliphatic carbocycles. The monoisotopic (exact) mass is 262 g/mol. The van der Waals surface area contributed by atoms with E-state index in [1.165, 1.54) is 18.4 Å². The van der Waals surface area contributed by atoms with Gasteiger partial charge < -0.3 is 0 Å². The summed E-state index contributed by atoms with van der Waals surface area (Å²) in [6, 6.07) is 7.96. The fourth-order valence-electron chi connectivity index (χ4n) is 2.59. The van der Waals surface area contributed by atoms with Gasteiger partial charge in [-0.05, 0) is 43.5 Å². The Labute approximate surface area is 111 Å². The molecule has 0 amide bonds. The second-order valence-electron chi connectivity index (χ2n) is 4.59. The first-order valence-electron chi connectivity index (χ1n) is 6.17. The van der Waals surface area contributed by atoms with Crippen molar-refractivity contribution in [3.63, 3.8) is 0 Å². The van der Waals surface area contributed by atoms with Crippen LogP contribution < -0.4 is 5.32 Å². The third-order valence-electron chi connectivity index (χ3n) is 3.51. The van der Waals surface area contributed by atoms with E-state index in [0.29, 0.717) is 0 Å². The summed E-state index contributed by atoms with van der Waals surface area (Å²) in [6.45, 7) is 0.989. The van der Waals surface area contributed by atoms with Crippen molar-refractivity contribution >= 4 is 11.6 Å². The molecule has 18 heavy (non-hydrogen) atoms. The van der Waals surface area contributed by atoms with Crippen molar-refractivity contribution in [1.29, 1.82) is 0 Å². The zero-order valence-corrected chi connectivity index (χ0v) is 10.8. The number of piperidine rings is 1. The molecule has 1 N–H and O–H groups in total. The smallest absolute Gasteiger partial charge is 0.139 e. The second kappa shape index (κ2) is 4.71. The van der Waals surface area contributed by atoms with Gasteiger partial charge in [-0.2, -0.15) is 5.10 Å². The number of aromatic nitrogens is 3. The number of hydrogen-bond acceptors (Lipinski definition) is 3. The molecule has 2 aromatic rings. The Morgan fingerprint density at radius 3 is 2.67 bits per heavy atom. The lowest BCUT2D eigenvalue weighted by Crippen LogP contribution is -2.51. The van der Waals surface area contributed by atoms with Crippen molar-refractivity contribution in [3.05, 3.63) is 47.5 Å². The summed E-state index contributed by atoms with van der Waals surface area (Å²) in [5.41, 5.74) is 0.899. The second-order valence-corrected chi connectivity index (χ2v) is 5.03. The zero-order chi connectivity index (χ0) is 12.4. The summed E-state index contributed by atoms with van der Waals surface area (Å²) in [6.07, 6.45) is 6.73. The number of halogens is 1. The molecule has 0 spiro atoms. The lowest BCUT2D eigenvalue weighted by molar-refractivity contribution is 0.191. The highest BCUT2D eigenvalue weighted by Gasteiger charge is 2.36. The lowest BCUT2D eigenvalue weighted by Gasteiger charge is -2.38. The van der Waals surface area contributed by atoms with Crippen LogP contribution in [0.15, 0.2) is 36.9 Å². The molecule has 0 saturated carbocycles. The highest BCUT2D eigenvalue weighted by molar-refractivity contribution is 6.30. The minimum absolute atomic E-state index is 0.278. The highest BCUT2D eigenvalue weighted by atomic mass is 35.5.